The van der Waals surface area contributed by atoms with Crippen LogP contribution in [-0.2, 0) is 6.54 Å². The molecule has 9 nitrogen and oxygen atoms in total. The summed E-state index contributed by atoms with van der Waals surface area (Å²) >= 11 is 0. The van der Waals surface area contributed by atoms with Gasteiger partial charge in [-0.15, -0.1) is 0 Å². The van der Waals surface area contributed by atoms with Gasteiger partial charge in [-0.3, -0.25) is 9.69 Å². The van der Waals surface area contributed by atoms with Gasteiger partial charge < -0.3 is 19.7 Å². The Bertz CT molecular complexity index is 1360. The van der Waals surface area contributed by atoms with E-state index in [4.69, 9.17) is 9.47 Å². The zero-order chi connectivity index (χ0) is 25.1. The molecule has 1 fully saturated rings. The Hall–Kier alpha value is -3.95. The first-order valence-electron chi connectivity index (χ1n) is 11.9. The van der Waals surface area contributed by atoms with E-state index in [1.807, 2.05) is 36.4 Å². The third-order valence-corrected chi connectivity index (χ3v) is 6.48. The summed E-state index contributed by atoms with van der Waals surface area (Å²) < 4.78 is 12.4. The average molecular weight is 487 g/mol. The first kappa shape index (κ1) is 23.8. The number of aromatic nitrogens is 3. The molecule has 2 aromatic carbocycles. The highest BCUT2D eigenvalue weighted by atomic mass is 16.5. The Kier molecular flexibility index (Phi) is 6.84. The molecule has 4 aromatic rings. The van der Waals surface area contributed by atoms with Crippen LogP contribution >= 0.6 is 0 Å². The summed E-state index contributed by atoms with van der Waals surface area (Å²) in [6.07, 6.45) is 1.70. The topological polar surface area (TPSA) is 84.2 Å². The highest BCUT2D eigenvalue weighted by Crippen LogP contribution is 2.32. The molecule has 1 aliphatic heterocycles. The van der Waals surface area contributed by atoms with Crippen LogP contribution in [0.2, 0.25) is 0 Å². The first-order valence-corrected chi connectivity index (χ1v) is 11.9. The van der Waals surface area contributed by atoms with Crippen LogP contribution in [0, 0.1) is 0 Å². The Morgan fingerprint density at radius 3 is 2.42 bits per heavy atom. The number of likely N-dealkylation sites (N-methyl/N-ethyl adjacent to an activating group) is 1. The minimum atomic E-state index is -0.287. The third-order valence-electron chi connectivity index (χ3n) is 6.48. The van der Waals surface area contributed by atoms with Crippen molar-refractivity contribution in [2.75, 3.05) is 52.8 Å². The molecule has 1 saturated heterocycles. The molecule has 1 amide bonds. The molecule has 0 radical (unpaired) electrons. The molecule has 2 aromatic heterocycles. The lowest BCUT2D eigenvalue weighted by Gasteiger charge is -2.32. The Labute approximate surface area is 210 Å². The lowest BCUT2D eigenvalue weighted by atomic mass is 10.1. The van der Waals surface area contributed by atoms with Gasteiger partial charge in [0, 0.05) is 56.2 Å². The number of fused-ring (bicyclic) bond motifs is 1. The Morgan fingerprint density at radius 2 is 1.69 bits per heavy atom. The molecule has 1 aliphatic rings. The molecule has 0 aliphatic carbocycles. The molecular formula is C27H30N6O3. The van der Waals surface area contributed by atoms with Gasteiger partial charge in [-0.2, -0.15) is 5.10 Å². The van der Waals surface area contributed by atoms with Crippen molar-refractivity contribution in [1.29, 1.82) is 0 Å². The van der Waals surface area contributed by atoms with Gasteiger partial charge in [-0.1, -0.05) is 12.1 Å². The van der Waals surface area contributed by atoms with Crippen LogP contribution in [0.1, 0.15) is 16.1 Å². The Morgan fingerprint density at radius 1 is 0.944 bits per heavy atom. The van der Waals surface area contributed by atoms with Crippen LogP contribution in [0.15, 0.2) is 60.8 Å². The van der Waals surface area contributed by atoms with E-state index in [9.17, 15) is 4.79 Å². The van der Waals surface area contributed by atoms with E-state index < -0.39 is 0 Å². The molecule has 0 atom stereocenters. The predicted molar refractivity (Wildman–Crippen MR) is 139 cm³/mol. The number of nitrogens with one attached hydrogen (secondary N) is 1. The van der Waals surface area contributed by atoms with Gasteiger partial charge in [-0.25, -0.2) is 9.50 Å². The van der Waals surface area contributed by atoms with E-state index in [1.54, 1.807) is 31.0 Å². The van der Waals surface area contributed by atoms with Crippen molar-refractivity contribution < 1.29 is 14.3 Å². The number of anilines is 1. The number of benzene rings is 2. The van der Waals surface area contributed by atoms with Crippen LogP contribution in [0.5, 0.6) is 11.5 Å². The fraction of sp³-hybridized carbons (Fsp3) is 0.296. The summed E-state index contributed by atoms with van der Waals surface area (Å²) in [6.45, 7) is 5.25. The maximum absolute atomic E-state index is 13.0. The fourth-order valence-corrected chi connectivity index (χ4v) is 4.37. The van der Waals surface area contributed by atoms with E-state index in [-0.39, 0.29) is 11.6 Å². The number of piperazine rings is 1. The zero-order valence-electron chi connectivity index (χ0n) is 20.8. The lowest BCUT2D eigenvalue weighted by molar-refractivity contribution is 0.102. The van der Waals surface area contributed by atoms with Crippen molar-refractivity contribution in [2.45, 2.75) is 6.54 Å². The highest BCUT2D eigenvalue weighted by molar-refractivity contribution is 6.03. The van der Waals surface area contributed by atoms with Crippen molar-refractivity contribution in [3.8, 4) is 22.8 Å². The average Bonchev–Trinajstić information content (AvgIpc) is 3.35. The first-order chi connectivity index (χ1) is 17.5. The van der Waals surface area contributed by atoms with E-state index in [1.165, 1.54) is 5.56 Å². The smallest absolute Gasteiger partial charge is 0.276 e. The molecule has 36 heavy (non-hydrogen) atoms. The van der Waals surface area contributed by atoms with Crippen molar-refractivity contribution in [3.63, 3.8) is 0 Å². The van der Waals surface area contributed by atoms with Gasteiger partial charge in [0.1, 0.15) is 0 Å². The summed E-state index contributed by atoms with van der Waals surface area (Å²) in [6, 6.07) is 17.2. The van der Waals surface area contributed by atoms with Crippen LogP contribution in [0.4, 0.5) is 5.69 Å². The van der Waals surface area contributed by atoms with Gasteiger partial charge >= 0.3 is 0 Å². The van der Waals surface area contributed by atoms with Crippen LogP contribution in [-0.4, -0.2) is 77.8 Å². The molecule has 186 valence electrons. The summed E-state index contributed by atoms with van der Waals surface area (Å²) in [5, 5.41) is 7.49. The number of methoxy groups -OCH3 is 2. The third kappa shape index (κ3) is 5.02. The second-order valence-electron chi connectivity index (χ2n) is 8.93. The Balaban J connectivity index is 1.31. The van der Waals surface area contributed by atoms with Gasteiger partial charge in [0.05, 0.1) is 19.9 Å². The van der Waals surface area contributed by atoms with Gasteiger partial charge in [0.25, 0.3) is 5.91 Å². The molecule has 0 unspecified atom stereocenters. The maximum atomic E-state index is 13.0. The number of carbonyl (C=O) groups is 1. The van der Waals surface area contributed by atoms with Crippen LogP contribution in [0.3, 0.4) is 0 Å². The van der Waals surface area contributed by atoms with Crippen molar-refractivity contribution in [1.82, 2.24) is 24.4 Å². The van der Waals surface area contributed by atoms with E-state index in [0.717, 1.165) is 49.7 Å². The number of carbonyl (C=O) groups excluding carboxylic acids is 1. The molecular weight excluding hydrogens is 456 g/mol. The number of ether oxygens (including phenoxy) is 2. The van der Waals surface area contributed by atoms with Crippen molar-refractivity contribution in [3.05, 3.63) is 72.1 Å². The van der Waals surface area contributed by atoms with Gasteiger partial charge in [-0.05, 0) is 49.0 Å². The minimum absolute atomic E-state index is 0.287. The number of rotatable bonds is 7. The summed E-state index contributed by atoms with van der Waals surface area (Å²) in [4.78, 5) is 22.2. The van der Waals surface area contributed by atoms with Crippen LogP contribution < -0.4 is 14.8 Å². The number of hydrogen-bond donors (Lipinski definition) is 1. The number of hydrogen-bond acceptors (Lipinski definition) is 7. The molecule has 1 N–H and O–H groups in total. The van der Waals surface area contributed by atoms with E-state index >= 15 is 0 Å². The zero-order valence-corrected chi connectivity index (χ0v) is 20.8. The lowest BCUT2D eigenvalue weighted by Crippen LogP contribution is -2.43. The number of amides is 1. The summed E-state index contributed by atoms with van der Waals surface area (Å²) in [7, 11) is 5.35. The quantitative estimate of drug-likeness (QED) is 0.429. The normalized spacial score (nSPS) is 14.6. The highest BCUT2D eigenvalue weighted by Gasteiger charge is 2.17. The second-order valence-corrected chi connectivity index (χ2v) is 8.93. The minimum Gasteiger partial charge on any atom is -0.493 e. The standard InChI is InChI=1S/C27H30N6O3/c1-31-12-14-32(15-13-31)18-19-4-7-21(8-5-19)29-27(34)22-17-26-28-11-10-23(33(26)30-22)20-6-9-24(35-2)25(16-20)36-3/h4-11,16-17H,12-15,18H2,1-3H3,(H,29,34). The monoisotopic (exact) mass is 486 g/mol. The summed E-state index contributed by atoms with van der Waals surface area (Å²) in [5.74, 6) is 0.966. The fourth-order valence-electron chi connectivity index (χ4n) is 4.37. The SMILES string of the molecule is COc1ccc(-c2ccnc3cc(C(=O)Nc4ccc(CN5CCN(C)CC5)cc4)nn23)cc1OC. The second kappa shape index (κ2) is 10.3. The molecule has 0 bridgehead atoms. The molecule has 3 heterocycles. The summed E-state index contributed by atoms with van der Waals surface area (Å²) in [5.41, 5.74) is 4.48. The van der Waals surface area contributed by atoms with Gasteiger partial charge in [0.15, 0.2) is 22.8 Å². The predicted octanol–water partition coefficient (Wildman–Crippen LogP) is 3.41. The number of nitrogens with zero attached hydrogens (tertiary/aromatic N) is 5. The van der Waals surface area contributed by atoms with E-state index in [0.29, 0.717) is 17.1 Å². The molecule has 0 saturated carbocycles. The van der Waals surface area contributed by atoms with Crippen molar-refractivity contribution >= 4 is 17.2 Å². The van der Waals surface area contributed by atoms with Crippen molar-refractivity contribution in [2.24, 2.45) is 0 Å². The largest absolute Gasteiger partial charge is 0.493 e. The molecule has 5 rings (SSSR count). The van der Waals surface area contributed by atoms with Gasteiger partial charge in [0.2, 0.25) is 0 Å². The molecule has 9 heteroatoms. The molecule has 0 spiro atoms. The van der Waals surface area contributed by atoms with Crippen LogP contribution in [0.25, 0.3) is 16.9 Å². The maximum Gasteiger partial charge on any atom is 0.276 e. The van der Waals surface area contributed by atoms with E-state index in [2.05, 4.69) is 44.4 Å².